The molecule has 0 amide bonds. The van der Waals surface area contributed by atoms with Gasteiger partial charge in [-0.2, -0.15) is 0 Å². The van der Waals surface area contributed by atoms with E-state index in [0.29, 0.717) is 0 Å². The topological polar surface area (TPSA) is 21.7 Å². The van der Waals surface area contributed by atoms with Gasteiger partial charge in [0, 0.05) is 12.5 Å². The lowest BCUT2D eigenvalue weighted by molar-refractivity contribution is 0.238. The third-order valence-corrected chi connectivity index (χ3v) is 7.21. The lowest BCUT2D eigenvalue weighted by Gasteiger charge is -2.18. The first-order chi connectivity index (χ1) is 16.3. The van der Waals surface area contributed by atoms with E-state index in [4.69, 9.17) is 9.47 Å². The van der Waals surface area contributed by atoms with E-state index in [1.165, 1.54) is 64.5 Å². The van der Waals surface area contributed by atoms with Crippen LogP contribution in [0, 0.1) is 0 Å². The minimum Gasteiger partial charge on any atom is -0.497 e. The van der Waals surface area contributed by atoms with Crippen LogP contribution in [0.25, 0.3) is 21.9 Å². The minimum atomic E-state index is 0.200. The van der Waals surface area contributed by atoms with E-state index in [2.05, 4.69) is 83.8 Å². The summed E-state index contributed by atoms with van der Waals surface area (Å²) in [6, 6.07) is 28.4. The summed E-state index contributed by atoms with van der Waals surface area (Å²) in [7, 11) is 1.73. The number of nitrogens with zero attached hydrogens (tertiary/aromatic N) is 1. The molecule has 1 saturated heterocycles. The van der Waals surface area contributed by atoms with E-state index in [1.807, 2.05) is 0 Å². The fourth-order valence-corrected chi connectivity index (χ4v) is 5.55. The van der Waals surface area contributed by atoms with E-state index in [0.717, 1.165) is 24.7 Å². The Morgan fingerprint density at radius 1 is 0.818 bits per heavy atom. The van der Waals surface area contributed by atoms with Crippen LogP contribution in [-0.2, 0) is 0 Å². The molecule has 33 heavy (non-hydrogen) atoms. The molecule has 1 unspecified atom stereocenters. The Morgan fingerprint density at radius 3 is 2.42 bits per heavy atom. The van der Waals surface area contributed by atoms with Crippen molar-refractivity contribution in [3.8, 4) is 22.6 Å². The van der Waals surface area contributed by atoms with Crippen LogP contribution in [0.5, 0.6) is 11.5 Å². The molecular weight excluding hydrogens is 406 g/mol. The molecule has 166 valence electrons. The number of ether oxygens (including phenoxy) is 2. The number of hydrogen-bond donors (Lipinski definition) is 0. The molecule has 0 aromatic heterocycles. The van der Waals surface area contributed by atoms with Gasteiger partial charge in [-0.05, 0) is 88.8 Å². The number of benzene rings is 4. The Bertz CT molecular complexity index is 1290. The first-order valence-corrected chi connectivity index (χ1v) is 12.0. The van der Waals surface area contributed by atoms with Crippen molar-refractivity contribution in [2.24, 2.45) is 0 Å². The van der Waals surface area contributed by atoms with E-state index in [9.17, 15) is 0 Å². The molecule has 3 nitrogen and oxygen atoms in total. The molecule has 2 aliphatic rings. The molecule has 0 N–H and O–H groups in total. The summed E-state index contributed by atoms with van der Waals surface area (Å²) in [5.74, 6) is 2.05. The predicted molar refractivity (Wildman–Crippen MR) is 134 cm³/mol. The molecule has 0 spiro atoms. The highest BCUT2D eigenvalue weighted by atomic mass is 16.5. The molecule has 3 heteroatoms. The summed E-state index contributed by atoms with van der Waals surface area (Å²) in [6.07, 6.45) is 2.64. The van der Waals surface area contributed by atoms with E-state index in [1.54, 1.807) is 7.11 Å². The fraction of sp³-hybridized carbons (Fsp3) is 0.267. The number of fused-ring (bicyclic) bond motifs is 5. The molecule has 0 radical (unpaired) electrons. The second-order valence-corrected chi connectivity index (χ2v) is 9.10. The van der Waals surface area contributed by atoms with Gasteiger partial charge < -0.3 is 9.47 Å². The smallest absolute Gasteiger partial charge is 0.119 e. The monoisotopic (exact) mass is 435 g/mol. The van der Waals surface area contributed by atoms with E-state index < -0.39 is 0 Å². The summed E-state index contributed by atoms with van der Waals surface area (Å²) in [5, 5.41) is 2.60. The largest absolute Gasteiger partial charge is 0.497 e. The second kappa shape index (κ2) is 8.57. The van der Waals surface area contributed by atoms with Gasteiger partial charge in [-0.15, -0.1) is 0 Å². The Kier molecular flexibility index (Phi) is 5.27. The maximum Gasteiger partial charge on any atom is 0.119 e. The Morgan fingerprint density at radius 2 is 1.61 bits per heavy atom. The molecule has 1 aliphatic heterocycles. The number of rotatable bonds is 6. The first kappa shape index (κ1) is 20.3. The molecule has 1 heterocycles. The summed E-state index contributed by atoms with van der Waals surface area (Å²) in [5.41, 5.74) is 6.59. The average Bonchev–Trinajstić information content (AvgIpc) is 3.50. The molecule has 4 aromatic rings. The maximum atomic E-state index is 6.07. The summed E-state index contributed by atoms with van der Waals surface area (Å²) >= 11 is 0. The van der Waals surface area contributed by atoms with E-state index >= 15 is 0 Å². The Labute approximate surface area is 195 Å². The highest BCUT2D eigenvalue weighted by molar-refractivity contribution is 5.97. The fourth-order valence-electron chi connectivity index (χ4n) is 5.55. The van der Waals surface area contributed by atoms with Crippen molar-refractivity contribution in [2.75, 3.05) is 33.4 Å². The molecular formula is C30H29NO2. The van der Waals surface area contributed by atoms with Gasteiger partial charge in [0.25, 0.3) is 0 Å². The van der Waals surface area contributed by atoms with Crippen molar-refractivity contribution in [2.45, 2.75) is 18.8 Å². The van der Waals surface area contributed by atoms with Gasteiger partial charge in [-0.3, -0.25) is 4.90 Å². The number of hydrogen-bond acceptors (Lipinski definition) is 3. The summed E-state index contributed by atoms with van der Waals surface area (Å²) in [6.45, 7) is 4.18. The van der Waals surface area contributed by atoms with Gasteiger partial charge in [-0.1, -0.05) is 54.6 Å². The van der Waals surface area contributed by atoms with Gasteiger partial charge in [-0.25, -0.2) is 0 Å². The predicted octanol–water partition coefficient (Wildman–Crippen LogP) is 6.48. The molecule has 6 rings (SSSR count). The lowest BCUT2D eigenvalue weighted by Crippen LogP contribution is -2.25. The average molecular weight is 436 g/mol. The highest BCUT2D eigenvalue weighted by Crippen LogP contribution is 2.51. The summed E-state index contributed by atoms with van der Waals surface area (Å²) < 4.78 is 11.6. The van der Waals surface area contributed by atoms with Gasteiger partial charge in [0.15, 0.2) is 0 Å². The number of methoxy groups -OCH3 is 1. The molecule has 0 bridgehead atoms. The van der Waals surface area contributed by atoms with Gasteiger partial charge >= 0.3 is 0 Å². The highest BCUT2D eigenvalue weighted by Gasteiger charge is 2.32. The van der Waals surface area contributed by atoms with Crippen LogP contribution in [0.3, 0.4) is 0 Å². The summed E-state index contributed by atoms with van der Waals surface area (Å²) in [4.78, 5) is 2.49. The first-order valence-electron chi connectivity index (χ1n) is 12.0. The van der Waals surface area contributed by atoms with E-state index in [-0.39, 0.29) is 5.92 Å². The van der Waals surface area contributed by atoms with Gasteiger partial charge in [0.05, 0.1) is 7.11 Å². The Hall–Kier alpha value is -3.30. The van der Waals surface area contributed by atoms with Crippen LogP contribution >= 0.6 is 0 Å². The third-order valence-electron chi connectivity index (χ3n) is 7.21. The lowest BCUT2D eigenvalue weighted by atomic mass is 9.87. The second-order valence-electron chi connectivity index (χ2n) is 9.10. The van der Waals surface area contributed by atoms with Crippen molar-refractivity contribution in [1.29, 1.82) is 0 Å². The van der Waals surface area contributed by atoms with Crippen molar-refractivity contribution in [3.05, 3.63) is 95.6 Å². The van der Waals surface area contributed by atoms with Gasteiger partial charge in [0.2, 0.25) is 0 Å². The van der Waals surface area contributed by atoms with Crippen LogP contribution in [0.15, 0.2) is 78.9 Å². The third kappa shape index (κ3) is 3.67. The SMILES string of the molecule is COc1ccc2c(c1)-c1ccc3ccccc3c1C2c1ccc(OCCN2CCCC2)cc1. The molecule has 1 fully saturated rings. The molecule has 1 aliphatic carbocycles. The normalized spacial score (nSPS) is 17.2. The van der Waals surface area contributed by atoms with Crippen LogP contribution < -0.4 is 9.47 Å². The van der Waals surface area contributed by atoms with Gasteiger partial charge in [0.1, 0.15) is 18.1 Å². The Balaban J connectivity index is 1.35. The standard InChI is InChI=1S/C30H29NO2/c1-32-24-13-15-26-28(20-24)27-14-10-21-6-2-3-7-25(21)30(27)29(26)22-8-11-23(12-9-22)33-19-18-31-16-4-5-17-31/h2-3,6-15,20,29H,4-5,16-19H2,1H3. The zero-order valence-electron chi connectivity index (χ0n) is 19.1. The van der Waals surface area contributed by atoms with Crippen molar-refractivity contribution in [3.63, 3.8) is 0 Å². The molecule has 4 aromatic carbocycles. The zero-order chi connectivity index (χ0) is 22.2. The number of likely N-dealkylation sites (tertiary alicyclic amines) is 1. The molecule has 1 atom stereocenters. The van der Waals surface area contributed by atoms with Crippen LogP contribution in [-0.4, -0.2) is 38.3 Å². The van der Waals surface area contributed by atoms with Crippen molar-refractivity contribution in [1.82, 2.24) is 4.90 Å². The van der Waals surface area contributed by atoms with Crippen molar-refractivity contribution >= 4 is 10.8 Å². The van der Waals surface area contributed by atoms with Crippen LogP contribution in [0.4, 0.5) is 0 Å². The zero-order valence-corrected chi connectivity index (χ0v) is 19.1. The quantitative estimate of drug-likeness (QED) is 0.305. The van der Waals surface area contributed by atoms with Crippen molar-refractivity contribution < 1.29 is 9.47 Å². The minimum absolute atomic E-state index is 0.200. The molecule has 0 saturated carbocycles. The van der Waals surface area contributed by atoms with Crippen LogP contribution in [0.1, 0.15) is 35.4 Å². The maximum absolute atomic E-state index is 6.07. The van der Waals surface area contributed by atoms with Crippen LogP contribution in [0.2, 0.25) is 0 Å².